The van der Waals surface area contributed by atoms with Crippen molar-refractivity contribution in [1.29, 1.82) is 0 Å². The number of hydrogen-bond acceptors (Lipinski definition) is 4. The molecular formula is C19H31N3O3S. The topological polar surface area (TPSA) is 92.5 Å². The Kier molecular flexibility index (Phi) is 7.20. The molecule has 0 bridgehead atoms. The molecule has 0 unspecified atom stereocenters. The molecule has 0 spiro atoms. The van der Waals surface area contributed by atoms with Crippen molar-refractivity contribution in [3.05, 3.63) is 29.8 Å². The molecule has 1 aromatic rings. The van der Waals surface area contributed by atoms with Crippen LogP contribution in [-0.2, 0) is 21.2 Å². The van der Waals surface area contributed by atoms with Gasteiger partial charge in [-0.25, -0.2) is 8.42 Å². The molecule has 0 atom stereocenters. The Bertz CT molecular complexity index is 683. The number of rotatable bonds is 8. The molecule has 0 aromatic heterocycles. The fourth-order valence-corrected chi connectivity index (χ4v) is 4.84. The molecule has 1 heterocycles. The lowest BCUT2D eigenvalue weighted by Gasteiger charge is -2.31. The van der Waals surface area contributed by atoms with Crippen molar-refractivity contribution in [1.82, 2.24) is 9.62 Å². The lowest BCUT2D eigenvalue weighted by Crippen LogP contribution is -2.53. The minimum atomic E-state index is -3.43. The van der Waals surface area contributed by atoms with E-state index in [1.54, 1.807) is 28.6 Å². The Morgan fingerprint density at radius 1 is 1.12 bits per heavy atom. The van der Waals surface area contributed by atoms with Crippen LogP contribution in [0.1, 0.15) is 51.5 Å². The largest absolute Gasteiger partial charge is 0.349 e. The van der Waals surface area contributed by atoms with Crippen molar-refractivity contribution in [3.8, 4) is 0 Å². The van der Waals surface area contributed by atoms with Crippen LogP contribution in [0.5, 0.6) is 0 Å². The van der Waals surface area contributed by atoms with Crippen LogP contribution < -0.4 is 11.1 Å². The summed E-state index contributed by atoms with van der Waals surface area (Å²) in [5, 5.41) is 3.03. The second-order valence-electron chi connectivity index (χ2n) is 7.03. The number of nitrogens with zero attached hydrogens (tertiary/aromatic N) is 1. The van der Waals surface area contributed by atoms with Crippen molar-refractivity contribution in [3.63, 3.8) is 0 Å². The van der Waals surface area contributed by atoms with E-state index in [1.807, 2.05) is 13.8 Å². The third kappa shape index (κ3) is 4.84. The Labute approximate surface area is 157 Å². The number of benzene rings is 1. The van der Waals surface area contributed by atoms with Gasteiger partial charge in [-0.05, 0) is 43.4 Å². The summed E-state index contributed by atoms with van der Waals surface area (Å²) in [7, 11) is -3.43. The van der Waals surface area contributed by atoms with E-state index in [-0.39, 0.29) is 17.9 Å². The molecule has 1 aromatic carbocycles. The van der Waals surface area contributed by atoms with E-state index < -0.39 is 10.0 Å². The molecule has 1 saturated heterocycles. The zero-order valence-electron chi connectivity index (χ0n) is 15.8. The molecule has 2 rings (SSSR count). The highest BCUT2D eigenvalue weighted by Crippen LogP contribution is 2.21. The molecule has 6 nitrogen and oxygen atoms in total. The summed E-state index contributed by atoms with van der Waals surface area (Å²) in [4.78, 5) is 12.6. The summed E-state index contributed by atoms with van der Waals surface area (Å²) in [6.07, 6.45) is 4.67. The van der Waals surface area contributed by atoms with Crippen molar-refractivity contribution < 1.29 is 13.2 Å². The van der Waals surface area contributed by atoms with Gasteiger partial charge in [0.15, 0.2) is 0 Å². The van der Waals surface area contributed by atoms with Gasteiger partial charge in [0.05, 0.1) is 16.9 Å². The van der Waals surface area contributed by atoms with Crippen LogP contribution in [-0.4, -0.2) is 43.8 Å². The fraction of sp³-hybridized carbons (Fsp3) is 0.632. The molecule has 146 valence electrons. The maximum Gasteiger partial charge on any atom is 0.243 e. The van der Waals surface area contributed by atoms with Gasteiger partial charge in [0.2, 0.25) is 15.9 Å². The molecule has 1 aliphatic heterocycles. The molecule has 1 amide bonds. The van der Waals surface area contributed by atoms with Gasteiger partial charge in [-0.15, -0.1) is 0 Å². The molecule has 26 heavy (non-hydrogen) atoms. The first kappa shape index (κ1) is 20.9. The molecule has 3 N–H and O–H groups in total. The number of carbonyl (C=O) groups is 1. The SMILES string of the molecule is CCC(CC)(CN)NC(=O)Cc1ccc(S(=O)(=O)N2CCCCC2)cc1. The first-order valence-corrected chi connectivity index (χ1v) is 10.9. The Balaban J connectivity index is 2.04. The normalized spacial score (nSPS) is 16.4. The van der Waals surface area contributed by atoms with Gasteiger partial charge < -0.3 is 11.1 Å². The zero-order chi connectivity index (χ0) is 19.2. The second-order valence-corrected chi connectivity index (χ2v) is 8.96. The highest BCUT2D eigenvalue weighted by molar-refractivity contribution is 7.89. The van der Waals surface area contributed by atoms with Crippen LogP contribution in [0, 0.1) is 0 Å². The lowest BCUT2D eigenvalue weighted by molar-refractivity contribution is -0.122. The molecule has 7 heteroatoms. The summed E-state index contributed by atoms with van der Waals surface area (Å²) < 4.78 is 26.9. The minimum absolute atomic E-state index is 0.0919. The lowest BCUT2D eigenvalue weighted by atomic mass is 9.92. The summed E-state index contributed by atoms with van der Waals surface area (Å²) in [5.74, 6) is -0.0919. The highest BCUT2D eigenvalue weighted by atomic mass is 32.2. The van der Waals surface area contributed by atoms with Gasteiger partial charge in [-0.2, -0.15) is 4.31 Å². The van der Waals surface area contributed by atoms with E-state index >= 15 is 0 Å². The van der Waals surface area contributed by atoms with E-state index in [4.69, 9.17) is 5.73 Å². The van der Waals surface area contributed by atoms with Crippen LogP contribution in [0.15, 0.2) is 29.2 Å². The monoisotopic (exact) mass is 381 g/mol. The van der Waals surface area contributed by atoms with Gasteiger partial charge >= 0.3 is 0 Å². The predicted octanol–water partition coefficient (Wildman–Crippen LogP) is 2.04. The van der Waals surface area contributed by atoms with Crippen LogP contribution in [0.3, 0.4) is 0 Å². The van der Waals surface area contributed by atoms with Gasteiger partial charge in [-0.1, -0.05) is 32.4 Å². The van der Waals surface area contributed by atoms with E-state index in [0.29, 0.717) is 24.5 Å². The van der Waals surface area contributed by atoms with Crippen molar-refractivity contribution >= 4 is 15.9 Å². The van der Waals surface area contributed by atoms with Gasteiger partial charge in [0, 0.05) is 19.6 Å². The average molecular weight is 382 g/mol. The zero-order valence-corrected chi connectivity index (χ0v) is 16.6. The predicted molar refractivity (Wildman–Crippen MR) is 103 cm³/mol. The molecule has 1 fully saturated rings. The quantitative estimate of drug-likeness (QED) is 0.721. The third-order valence-corrected chi connectivity index (χ3v) is 7.30. The van der Waals surface area contributed by atoms with Gasteiger partial charge in [0.1, 0.15) is 0 Å². The summed E-state index contributed by atoms with van der Waals surface area (Å²) in [6, 6.07) is 6.64. The number of nitrogens with two attached hydrogens (primary N) is 1. The van der Waals surface area contributed by atoms with Crippen molar-refractivity contribution in [2.24, 2.45) is 5.73 Å². The van der Waals surface area contributed by atoms with E-state index in [2.05, 4.69) is 5.32 Å². The molecular weight excluding hydrogens is 350 g/mol. The summed E-state index contributed by atoms with van der Waals surface area (Å²) >= 11 is 0. The maximum absolute atomic E-state index is 12.7. The second kappa shape index (κ2) is 8.97. The van der Waals surface area contributed by atoms with Gasteiger partial charge in [0.25, 0.3) is 0 Å². The van der Waals surface area contributed by atoms with Crippen LogP contribution in [0.4, 0.5) is 0 Å². The van der Waals surface area contributed by atoms with E-state index in [1.165, 1.54) is 0 Å². The number of sulfonamides is 1. The van der Waals surface area contributed by atoms with E-state index in [9.17, 15) is 13.2 Å². The van der Waals surface area contributed by atoms with Crippen LogP contribution in [0.25, 0.3) is 0 Å². The number of amides is 1. The van der Waals surface area contributed by atoms with E-state index in [0.717, 1.165) is 37.7 Å². The van der Waals surface area contributed by atoms with Gasteiger partial charge in [-0.3, -0.25) is 4.79 Å². The summed E-state index contributed by atoms with van der Waals surface area (Å²) in [6.45, 7) is 5.59. The summed E-state index contributed by atoms with van der Waals surface area (Å²) in [5.41, 5.74) is 6.25. The Morgan fingerprint density at radius 3 is 2.19 bits per heavy atom. The fourth-order valence-electron chi connectivity index (χ4n) is 3.33. The van der Waals surface area contributed by atoms with Crippen LogP contribution in [0.2, 0.25) is 0 Å². The third-order valence-electron chi connectivity index (χ3n) is 5.39. The number of nitrogens with one attached hydrogen (secondary N) is 1. The van der Waals surface area contributed by atoms with Crippen molar-refractivity contribution in [2.45, 2.75) is 62.8 Å². The standard InChI is InChI=1S/C19H31N3O3S/c1-3-19(4-2,15-20)21-18(23)14-16-8-10-17(11-9-16)26(24,25)22-12-6-5-7-13-22/h8-11H,3-7,12-15,20H2,1-2H3,(H,21,23). The molecule has 0 aliphatic carbocycles. The number of hydrogen-bond donors (Lipinski definition) is 2. The first-order chi connectivity index (χ1) is 12.4. The number of piperidine rings is 1. The number of carbonyl (C=O) groups excluding carboxylic acids is 1. The highest BCUT2D eigenvalue weighted by Gasteiger charge is 2.27. The first-order valence-electron chi connectivity index (χ1n) is 9.47. The molecule has 0 radical (unpaired) electrons. The smallest absolute Gasteiger partial charge is 0.243 e. The Morgan fingerprint density at radius 2 is 1.69 bits per heavy atom. The Hall–Kier alpha value is -1.44. The maximum atomic E-state index is 12.7. The van der Waals surface area contributed by atoms with Crippen molar-refractivity contribution in [2.75, 3.05) is 19.6 Å². The average Bonchev–Trinajstić information content (AvgIpc) is 2.67. The minimum Gasteiger partial charge on any atom is -0.349 e. The molecule has 1 aliphatic rings. The van der Waals surface area contributed by atoms with Crippen LogP contribution >= 0.6 is 0 Å². The molecule has 0 saturated carbocycles.